The molecule has 0 amide bonds. The van der Waals surface area contributed by atoms with E-state index in [4.69, 9.17) is 9.47 Å². The van der Waals surface area contributed by atoms with E-state index in [0.29, 0.717) is 30.9 Å². The van der Waals surface area contributed by atoms with Crippen LogP contribution >= 0.6 is 35.7 Å². The summed E-state index contributed by atoms with van der Waals surface area (Å²) < 4.78 is 10.7. The lowest BCUT2D eigenvalue weighted by molar-refractivity contribution is 0.143. The highest BCUT2D eigenvalue weighted by Crippen LogP contribution is 2.25. The predicted molar refractivity (Wildman–Crippen MR) is 115 cm³/mol. The Morgan fingerprint density at radius 1 is 1.40 bits per heavy atom. The number of hydrogen-bond acceptors (Lipinski definition) is 5. The van der Waals surface area contributed by atoms with Gasteiger partial charge in [-0.05, 0) is 31.6 Å². The van der Waals surface area contributed by atoms with Gasteiger partial charge in [-0.15, -0.1) is 24.0 Å². The Hall–Kier alpha value is -0.740. The molecular formula is C17H29IN4O2S. The summed E-state index contributed by atoms with van der Waals surface area (Å²) >= 11 is 2.04. The van der Waals surface area contributed by atoms with Crippen LogP contribution < -0.4 is 15.4 Å². The lowest BCUT2D eigenvalue weighted by atomic mass is 10.2. The summed E-state index contributed by atoms with van der Waals surface area (Å²) in [6.45, 7) is 5.44. The molecule has 0 aromatic carbocycles. The molecule has 25 heavy (non-hydrogen) atoms. The maximum atomic E-state index is 5.66. The van der Waals surface area contributed by atoms with Crippen LogP contribution in [0.3, 0.4) is 0 Å². The largest absolute Gasteiger partial charge is 0.475 e. The Labute approximate surface area is 172 Å². The molecule has 0 spiro atoms. The van der Waals surface area contributed by atoms with Gasteiger partial charge in [0.05, 0.1) is 13.2 Å². The first kappa shape index (κ1) is 22.3. The zero-order chi connectivity index (χ0) is 17.0. The van der Waals surface area contributed by atoms with Crippen LogP contribution in [0.1, 0.15) is 25.3 Å². The summed E-state index contributed by atoms with van der Waals surface area (Å²) in [5, 5.41) is 7.43. The van der Waals surface area contributed by atoms with Crippen molar-refractivity contribution in [3.05, 3.63) is 23.9 Å². The van der Waals surface area contributed by atoms with E-state index in [1.807, 2.05) is 23.9 Å². The van der Waals surface area contributed by atoms with Crippen molar-refractivity contribution < 1.29 is 9.47 Å². The molecule has 0 saturated carbocycles. The number of nitrogens with zero attached hydrogens (tertiary/aromatic N) is 2. The Morgan fingerprint density at radius 3 is 3.00 bits per heavy atom. The van der Waals surface area contributed by atoms with E-state index < -0.39 is 0 Å². The van der Waals surface area contributed by atoms with Gasteiger partial charge in [0.1, 0.15) is 6.61 Å². The van der Waals surface area contributed by atoms with Crippen molar-refractivity contribution in [3.63, 3.8) is 0 Å². The van der Waals surface area contributed by atoms with Gasteiger partial charge in [0.15, 0.2) is 5.96 Å². The molecule has 1 aromatic heterocycles. The van der Waals surface area contributed by atoms with Gasteiger partial charge in [-0.2, -0.15) is 11.8 Å². The maximum Gasteiger partial charge on any atom is 0.218 e. The van der Waals surface area contributed by atoms with E-state index in [0.717, 1.165) is 24.6 Å². The lowest BCUT2D eigenvalue weighted by Crippen LogP contribution is -2.40. The van der Waals surface area contributed by atoms with Crippen molar-refractivity contribution in [1.29, 1.82) is 0 Å². The summed E-state index contributed by atoms with van der Waals surface area (Å²) in [7, 11) is 1.66. The van der Waals surface area contributed by atoms with Crippen molar-refractivity contribution >= 4 is 41.7 Å². The number of ether oxygens (including phenoxy) is 2. The number of hydrogen-bond donors (Lipinski definition) is 2. The third-order valence-corrected chi connectivity index (χ3v) is 5.05. The summed E-state index contributed by atoms with van der Waals surface area (Å²) in [5.41, 5.74) is 0.973. The molecule has 0 bridgehead atoms. The molecule has 2 heterocycles. The van der Waals surface area contributed by atoms with Crippen LogP contribution in [0.2, 0.25) is 0 Å². The van der Waals surface area contributed by atoms with E-state index in [9.17, 15) is 0 Å². The van der Waals surface area contributed by atoms with Gasteiger partial charge in [-0.3, -0.25) is 0 Å². The highest BCUT2D eigenvalue weighted by Gasteiger charge is 2.15. The number of aliphatic imine (C=N–C) groups is 1. The third-order valence-electron chi connectivity index (χ3n) is 3.65. The van der Waals surface area contributed by atoms with Crippen LogP contribution in [0.5, 0.6) is 5.88 Å². The highest BCUT2D eigenvalue weighted by molar-refractivity contribution is 14.0. The number of nitrogens with one attached hydrogen (secondary N) is 2. The topological polar surface area (TPSA) is 67.8 Å². The van der Waals surface area contributed by atoms with E-state index in [1.54, 1.807) is 13.3 Å². The Morgan fingerprint density at radius 2 is 2.28 bits per heavy atom. The molecule has 2 N–H and O–H groups in total. The van der Waals surface area contributed by atoms with Crippen molar-refractivity contribution in [2.45, 2.75) is 31.6 Å². The Balaban J connectivity index is 0.00000312. The van der Waals surface area contributed by atoms with Crippen LogP contribution in [0.4, 0.5) is 0 Å². The predicted octanol–water partition coefficient (Wildman–Crippen LogP) is 2.68. The van der Waals surface area contributed by atoms with Crippen molar-refractivity contribution in [2.75, 3.05) is 39.2 Å². The molecule has 6 nitrogen and oxygen atoms in total. The van der Waals surface area contributed by atoms with Gasteiger partial charge in [0.25, 0.3) is 0 Å². The van der Waals surface area contributed by atoms with Gasteiger partial charge in [0, 0.05) is 37.2 Å². The minimum Gasteiger partial charge on any atom is -0.475 e. The quantitative estimate of drug-likeness (QED) is 0.245. The zero-order valence-corrected chi connectivity index (χ0v) is 18.1. The standard InChI is InChI=1S/C17H28N4O2S.HI/c1-3-18-17(21-13-15-7-5-11-24-15)20-12-14-6-4-8-19-16(14)23-10-9-22-2;/h4,6,8,15H,3,5,7,9-13H2,1-2H3,(H2,18,20,21);1H. The van der Waals surface area contributed by atoms with Crippen LogP contribution in [0, 0.1) is 0 Å². The molecule has 142 valence electrons. The van der Waals surface area contributed by atoms with Gasteiger partial charge in [-0.1, -0.05) is 6.07 Å². The number of thioether (sulfide) groups is 1. The minimum absolute atomic E-state index is 0. The lowest BCUT2D eigenvalue weighted by Gasteiger charge is -2.15. The normalized spacial score (nSPS) is 17.0. The second-order valence-electron chi connectivity index (χ2n) is 5.52. The van der Waals surface area contributed by atoms with E-state index in [-0.39, 0.29) is 24.0 Å². The summed E-state index contributed by atoms with van der Waals surface area (Å²) in [5.74, 6) is 2.75. The van der Waals surface area contributed by atoms with Gasteiger partial charge in [0.2, 0.25) is 5.88 Å². The number of halogens is 1. The van der Waals surface area contributed by atoms with E-state index >= 15 is 0 Å². The molecule has 8 heteroatoms. The smallest absolute Gasteiger partial charge is 0.218 e. The Kier molecular flexibility index (Phi) is 12.0. The SMILES string of the molecule is CCNC(=NCc1cccnc1OCCOC)NCC1CCCS1.I. The van der Waals surface area contributed by atoms with Crippen LogP contribution in [-0.2, 0) is 11.3 Å². The highest BCUT2D eigenvalue weighted by atomic mass is 127. The first-order chi connectivity index (χ1) is 11.8. The molecule has 1 aromatic rings. The molecular weight excluding hydrogens is 451 g/mol. The second kappa shape index (κ2) is 13.5. The fourth-order valence-electron chi connectivity index (χ4n) is 2.42. The first-order valence-electron chi connectivity index (χ1n) is 8.53. The number of pyridine rings is 1. The second-order valence-corrected chi connectivity index (χ2v) is 6.93. The molecule has 1 unspecified atom stereocenters. The van der Waals surface area contributed by atoms with E-state index in [2.05, 4.69) is 27.5 Å². The average Bonchev–Trinajstić information content (AvgIpc) is 3.12. The molecule has 1 saturated heterocycles. The maximum absolute atomic E-state index is 5.66. The van der Waals surface area contributed by atoms with Gasteiger partial charge in [-0.25, -0.2) is 9.98 Å². The third kappa shape index (κ3) is 8.46. The molecule has 1 fully saturated rings. The summed E-state index contributed by atoms with van der Waals surface area (Å²) in [4.78, 5) is 8.96. The molecule has 1 aliphatic rings. The zero-order valence-electron chi connectivity index (χ0n) is 15.0. The van der Waals surface area contributed by atoms with Gasteiger partial charge >= 0.3 is 0 Å². The molecule has 2 rings (SSSR count). The van der Waals surface area contributed by atoms with Crippen molar-refractivity contribution in [3.8, 4) is 5.88 Å². The van der Waals surface area contributed by atoms with Crippen molar-refractivity contribution in [1.82, 2.24) is 15.6 Å². The summed E-state index contributed by atoms with van der Waals surface area (Å²) in [6.07, 6.45) is 4.34. The van der Waals surface area contributed by atoms with Crippen molar-refractivity contribution in [2.24, 2.45) is 4.99 Å². The fraction of sp³-hybridized carbons (Fsp3) is 0.647. The van der Waals surface area contributed by atoms with Crippen LogP contribution in [0.25, 0.3) is 0 Å². The number of guanidine groups is 1. The van der Waals surface area contributed by atoms with Crippen LogP contribution in [0.15, 0.2) is 23.3 Å². The first-order valence-corrected chi connectivity index (χ1v) is 9.57. The van der Waals surface area contributed by atoms with Gasteiger partial charge < -0.3 is 20.1 Å². The Bertz CT molecular complexity index is 513. The monoisotopic (exact) mass is 480 g/mol. The molecule has 1 aliphatic heterocycles. The molecule has 0 radical (unpaired) electrons. The minimum atomic E-state index is 0. The molecule has 0 aliphatic carbocycles. The number of methoxy groups -OCH3 is 1. The fourth-order valence-corrected chi connectivity index (χ4v) is 3.62. The van der Waals surface area contributed by atoms with E-state index in [1.165, 1.54) is 18.6 Å². The van der Waals surface area contributed by atoms with Crippen LogP contribution in [-0.4, -0.2) is 55.4 Å². The summed E-state index contributed by atoms with van der Waals surface area (Å²) in [6, 6.07) is 3.90. The number of rotatable bonds is 9. The number of aromatic nitrogens is 1. The average molecular weight is 480 g/mol. The molecule has 1 atom stereocenters.